The number of nitrogens with zero attached hydrogens (tertiary/aromatic N) is 2. The van der Waals surface area contributed by atoms with Gasteiger partial charge in [0.25, 0.3) is 0 Å². The minimum Gasteiger partial charge on any atom is -0.367 e. The standard InChI is InChI=1S/C13H21N3/c1-3-11-8-13(16(2)15-11)14-12-7-9-4-5-10(12)6-9/h8-10,12,14H,3-7H2,1-2H3. The molecule has 1 N–H and O–H groups in total. The molecule has 1 heterocycles. The molecular formula is C13H21N3. The lowest BCUT2D eigenvalue weighted by atomic mass is 9.95. The zero-order valence-electron chi connectivity index (χ0n) is 10.2. The number of fused-ring (bicyclic) bond motifs is 2. The summed E-state index contributed by atoms with van der Waals surface area (Å²) in [6.45, 7) is 2.16. The van der Waals surface area contributed by atoms with E-state index >= 15 is 0 Å². The van der Waals surface area contributed by atoms with E-state index in [1.54, 1.807) is 0 Å². The van der Waals surface area contributed by atoms with Gasteiger partial charge in [0, 0.05) is 19.2 Å². The summed E-state index contributed by atoms with van der Waals surface area (Å²) in [6.07, 6.45) is 6.75. The molecule has 1 aromatic heterocycles. The number of rotatable bonds is 3. The van der Waals surface area contributed by atoms with Gasteiger partial charge in [-0.25, -0.2) is 0 Å². The van der Waals surface area contributed by atoms with Crippen LogP contribution in [0.3, 0.4) is 0 Å². The number of aromatic nitrogens is 2. The highest BCUT2D eigenvalue weighted by atomic mass is 15.3. The van der Waals surface area contributed by atoms with Crippen LogP contribution in [0.2, 0.25) is 0 Å². The van der Waals surface area contributed by atoms with Crippen LogP contribution in [0.25, 0.3) is 0 Å². The predicted octanol–water partition coefficient (Wildman–Crippen LogP) is 2.58. The van der Waals surface area contributed by atoms with Crippen LogP contribution in [0.5, 0.6) is 0 Å². The first kappa shape index (κ1) is 10.2. The summed E-state index contributed by atoms with van der Waals surface area (Å²) in [5.74, 6) is 3.13. The molecule has 0 aromatic carbocycles. The molecule has 3 nitrogen and oxygen atoms in total. The van der Waals surface area contributed by atoms with Crippen LogP contribution < -0.4 is 5.32 Å². The molecule has 3 unspecified atom stereocenters. The van der Waals surface area contributed by atoms with Gasteiger partial charge in [-0.15, -0.1) is 0 Å². The Balaban J connectivity index is 1.71. The van der Waals surface area contributed by atoms with Crippen LogP contribution in [0.1, 0.15) is 38.3 Å². The molecule has 0 spiro atoms. The van der Waals surface area contributed by atoms with E-state index in [2.05, 4.69) is 23.4 Å². The summed E-state index contributed by atoms with van der Waals surface area (Å²) in [7, 11) is 2.04. The van der Waals surface area contributed by atoms with E-state index in [0.29, 0.717) is 6.04 Å². The van der Waals surface area contributed by atoms with E-state index < -0.39 is 0 Å². The summed E-state index contributed by atoms with van der Waals surface area (Å²) in [5.41, 5.74) is 1.19. The fourth-order valence-electron chi connectivity index (χ4n) is 3.45. The van der Waals surface area contributed by atoms with Gasteiger partial charge in [-0.3, -0.25) is 4.68 Å². The quantitative estimate of drug-likeness (QED) is 0.846. The molecule has 16 heavy (non-hydrogen) atoms. The van der Waals surface area contributed by atoms with Crippen LogP contribution >= 0.6 is 0 Å². The third-order valence-corrected chi connectivity index (χ3v) is 4.36. The highest BCUT2D eigenvalue weighted by Crippen LogP contribution is 2.45. The van der Waals surface area contributed by atoms with E-state index in [1.165, 1.54) is 37.2 Å². The number of aryl methyl sites for hydroxylation is 2. The van der Waals surface area contributed by atoms with E-state index in [9.17, 15) is 0 Å². The van der Waals surface area contributed by atoms with Crippen molar-refractivity contribution in [2.45, 2.75) is 45.1 Å². The monoisotopic (exact) mass is 219 g/mol. The Morgan fingerprint density at radius 1 is 1.44 bits per heavy atom. The van der Waals surface area contributed by atoms with Crippen LogP contribution in [0.4, 0.5) is 5.82 Å². The van der Waals surface area contributed by atoms with Gasteiger partial charge in [-0.1, -0.05) is 13.3 Å². The summed E-state index contributed by atoms with van der Waals surface area (Å²) < 4.78 is 1.99. The Labute approximate surface area is 97.2 Å². The predicted molar refractivity (Wildman–Crippen MR) is 65.4 cm³/mol. The van der Waals surface area contributed by atoms with Gasteiger partial charge < -0.3 is 5.32 Å². The van der Waals surface area contributed by atoms with Gasteiger partial charge in [0.1, 0.15) is 5.82 Å². The molecule has 2 aliphatic carbocycles. The van der Waals surface area contributed by atoms with Gasteiger partial charge >= 0.3 is 0 Å². The molecule has 1 aromatic rings. The second kappa shape index (κ2) is 3.79. The van der Waals surface area contributed by atoms with Gasteiger partial charge in [0.2, 0.25) is 0 Å². The van der Waals surface area contributed by atoms with Crippen molar-refractivity contribution in [1.29, 1.82) is 0 Å². The van der Waals surface area contributed by atoms with Crippen molar-refractivity contribution >= 4 is 5.82 Å². The lowest BCUT2D eigenvalue weighted by Crippen LogP contribution is -2.26. The largest absolute Gasteiger partial charge is 0.367 e. The van der Waals surface area contributed by atoms with E-state index in [1.807, 2.05) is 11.7 Å². The summed E-state index contributed by atoms with van der Waals surface area (Å²) >= 11 is 0. The number of nitrogens with one attached hydrogen (secondary N) is 1. The van der Waals surface area contributed by atoms with E-state index in [4.69, 9.17) is 0 Å². The lowest BCUT2D eigenvalue weighted by Gasteiger charge is -2.23. The zero-order chi connectivity index (χ0) is 11.1. The minimum atomic E-state index is 0.707. The number of anilines is 1. The Bertz CT molecular complexity index is 383. The number of hydrogen-bond acceptors (Lipinski definition) is 2. The molecule has 0 saturated heterocycles. The molecule has 2 aliphatic rings. The van der Waals surface area contributed by atoms with Crippen LogP contribution in [-0.2, 0) is 13.5 Å². The van der Waals surface area contributed by atoms with Crippen molar-refractivity contribution < 1.29 is 0 Å². The van der Waals surface area contributed by atoms with Crippen molar-refractivity contribution in [3.8, 4) is 0 Å². The van der Waals surface area contributed by atoms with Gasteiger partial charge in [-0.05, 0) is 37.5 Å². The molecular weight excluding hydrogens is 198 g/mol. The Hall–Kier alpha value is -0.990. The summed E-state index contributed by atoms with van der Waals surface area (Å²) in [5, 5.41) is 8.18. The van der Waals surface area contributed by atoms with Crippen molar-refractivity contribution in [2.75, 3.05) is 5.32 Å². The molecule has 2 saturated carbocycles. The maximum Gasteiger partial charge on any atom is 0.124 e. The molecule has 0 radical (unpaired) electrons. The summed E-state index contributed by atoms with van der Waals surface area (Å²) in [6, 6.07) is 2.91. The third kappa shape index (κ3) is 1.62. The van der Waals surface area contributed by atoms with Crippen LogP contribution in [0.15, 0.2) is 6.07 Å². The highest BCUT2D eigenvalue weighted by molar-refractivity contribution is 5.39. The molecule has 3 heteroatoms. The zero-order valence-corrected chi connectivity index (χ0v) is 10.2. The van der Waals surface area contributed by atoms with E-state index in [0.717, 1.165) is 18.3 Å². The topological polar surface area (TPSA) is 29.9 Å². The fraction of sp³-hybridized carbons (Fsp3) is 0.769. The molecule has 2 bridgehead atoms. The van der Waals surface area contributed by atoms with Gasteiger partial charge in [0.15, 0.2) is 0 Å². The maximum absolute atomic E-state index is 4.49. The molecule has 2 fully saturated rings. The van der Waals surface area contributed by atoms with Crippen LogP contribution in [0, 0.1) is 11.8 Å². The second-order valence-electron chi connectivity index (χ2n) is 5.42. The van der Waals surface area contributed by atoms with Crippen molar-refractivity contribution in [3.05, 3.63) is 11.8 Å². The van der Waals surface area contributed by atoms with Crippen molar-refractivity contribution in [1.82, 2.24) is 9.78 Å². The molecule has 3 rings (SSSR count). The number of hydrogen-bond donors (Lipinski definition) is 1. The van der Waals surface area contributed by atoms with Crippen molar-refractivity contribution in [2.24, 2.45) is 18.9 Å². The Morgan fingerprint density at radius 2 is 2.31 bits per heavy atom. The average molecular weight is 219 g/mol. The Morgan fingerprint density at radius 3 is 2.88 bits per heavy atom. The fourth-order valence-corrected chi connectivity index (χ4v) is 3.45. The first-order chi connectivity index (χ1) is 7.76. The van der Waals surface area contributed by atoms with Gasteiger partial charge in [0.05, 0.1) is 5.69 Å². The molecule has 88 valence electrons. The molecule has 3 atom stereocenters. The summed E-state index contributed by atoms with van der Waals surface area (Å²) in [4.78, 5) is 0. The normalized spacial score (nSPS) is 32.2. The maximum atomic E-state index is 4.49. The average Bonchev–Trinajstić information content (AvgIpc) is 2.95. The Kier molecular flexibility index (Phi) is 2.41. The SMILES string of the molecule is CCc1cc(NC2CC3CCC2C3)n(C)n1. The highest BCUT2D eigenvalue weighted by Gasteiger charge is 2.39. The first-order valence-electron chi connectivity index (χ1n) is 6.55. The van der Waals surface area contributed by atoms with Gasteiger partial charge in [-0.2, -0.15) is 5.10 Å². The first-order valence-corrected chi connectivity index (χ1v) is 6.55. The lowest BCUT2D eigenvalue weighted by molar-refractivity contribution is 0.437. The second-order valence-corrected chi connectivity index (χ2v) is 5.42. The van der Waals surface area contributed by atoms with Crippen LogP contribution in [-0.4, -0.2) is 15.8 Å². The third-order valence-electron chi connectivity index (χ3n) is 4.36. The molecule has 0 amide bonds. The van der Waals surface area contributed by atoms with E-state index in [-0.39, 0.29) is 0 Å². The molecule has 0 aliphatic heterocycles. The smallest absolute Gasteiger partial charge is 0.124 e. The minimum absolute atomic E-state index is 0.707. The van der Waals surface area contributed by atoms with Crippen molar-refractivity contribution in [3.63, 3.8) is 0 Å².